The monoisotopic (exact) mass is 310 g/mol. The summed E-state index contributed by atoms with van der Waals surface area (Å²) in [6, 6.07) is 1.15. The van der Waals surface area contributed by atoms with Crippen LogP contribution >= 0.6 is 0 Å². The Labute approximate surface area is 135 Å². The molecule has 2 rings (SSSR count). The number of carbonyl (C=O) groups excluding carboxylic acids is 1. The van der Waals surface area contributed by atoms with Gasteiger partial charge in [0.15, 0.2) is 0 Å². The van der Waals surface area contributed by atoms with Crippen LogP contribution in [0.25, 0.3) is 0 Å². The van der Waals surface area contributed by atoms with Crippen molar-refractivity contribution in [2.45, 2.75) is 64.6 Å². The Morgan fingerprint density at radius 2 is 1.68 bits per heavy atom. The number of rotatable bonds is 6. The van der Waals surface area contributed by atoms with Crippen molar-refractivity contribution in [3.8, 4) is 0 Å². The second-order valence-electron chi connectivity index (χ2n) is 7.08. The first kappa shape index (κ1) is 17.7. The molecule has 0 aromatic carbocycles. The third-order valence-corrected chi connectivity index (χ3v) is 5.41. The van der Waals surface area contributed by atoms with Crippen molar-refractivity contribution in [2.75, 3.05) is 39.3 Å². The SMILES string of the molecule is CCCC(N)C(=O)N1CCN(CCN2C(C)CCC2C)CC1. The van der Waals surface area contributed by atoms with Crippen LogP contribution < -0.4 is 5.73 Å². The highest BCUT2D eigenvalue weighted by Gasteiger charge is 2.28. The fourth-order valence-corrected chi connectivity index (χ4v) is 3.81. The van der Waals surface area contributed by atoms with Gasteiger partial charge in [0, 0.05) is 51.4 Å². The maximum Gasteiger partial charge on any atom is 0.239 e. The zero-order valence-corrected chi connectivity index (χ0v) is 14.6. The summed E-state index contributed by atoms with van der Waals surface area (Å²) in [5.74, 6) is 0.142. The molecule has 0 spiro atoms. The minimum absolute atomic E-state index is 0.142. The van der Waals surface area contributed by atoms with E-state index >= 15 is 0 Å². The molecular weight excluding hydrogens is 276 g/mol. The van der Waals surface area contributed by atoms with Crippen LogP contribution in [0.1, 0.15) is 46.5 Å². The van der Waals surface area contributed by atoms with E-state index < -0.39 is 0 Å². The smallest absolute Gasteiger partial charge is 0.239 e. The van der Waals surface area contributed by atoms with Crippen molar-refractivity contribution in [3.05, 3.63) is 0 Å². The van der Waals surface area contributed by atoms with Crippen LogP contribution in [0.5, 0.6) is 0 Å². The first-order valence-electron chi connectivity index (χ1n) is 9.05. The molecule has 0 bridgehead atoms. The number of amides is 1. The molecule has 5 heteroatoms. The zero-order valence-electron chi connectivity index (χ0n) is 14.6. The Balaban J connectivity index is 1.70. The van der Waals surface area contributed by atoms with Gasteiger partial charge in [-0.05, 0) is 33.1 Å². The van der Waals surface area contributed by atoms with Crippen molar-refractivity contribution in [3.63, 3.8) is 0 Å². The van der Waals surface area contributed by atoms with E-state index in [2.05, 4.69) is 30.6 Å². The molecule has 0 aromatic heterocycles. The minimum Gasteiger partial charge on any atom is -0.339 e. The van der Waals surface area contributed by atoms with Crippen molar-refractivity contribution >= 4 is 5.91 Å². The lowest BCUT2D eigenvalue weighted by Crippen LogP contribution is -2.54. The minimum atomic E-state index is -0.303. The van der Waals surface area contributed by atoms with Crippen LogP contribution in [0, 0.1) is 0 Å². The summed E-state index contributed by atoms with van der Waals surface area (Å²) in [5, 5.41) is 0. The lowest BCUT2D eigenvalue weighted by atomic mass is 10.1. The number of likely N-dealkylation sites (tertiary alicyclic amines) is 1. The topological polar surface area (TPSA) is 52.8 Å². The summed E-state index contributed by atoms with van der Waals surface area (Å²) in [6.07, 6.45) is 4.43. The van der Waals surface area contributed by atoms with Crippen molar-refractivity contribution in [1.29, 1.82) is 0 Å². The van der Waals surface area contributed by atoms with E-state index in [0.717, 1.165) is 64.2 Å². The Kier molecular flexibility index (Phi) is 6.66. The highest BCUT2D eigenvalue weighted by molar-refractivity contribution is 5.81. The average molecular weight is 310 g/mol. The molecule has 3 unspecified atom stereocenters. The Hall–Kier alpha value is -0.650. The van der Waals surface area contributed by atoms with E-state index in [1.54, 1.807) is 0 Å². The first-order chi connectivity index (χ1) is 10.5. The Morgan fingerprint density at radius 3 is 2.23 bits per heavy atom. The summed E-state index contributed by atoms with van der Waals surface area (Å²) in [5.41, 5.74) is 5.95. The third kappa shape index (κ3) is 4.43. The van der Waals surface area contributed by atoms with Gasteiger partial charge in [-0.15, -0.1) is 0 Å². The highest BCUT2D eigenvalue weighted by atomic mass is 16.2. The fraction of sp³-hybridized carbons (Fsp3) is 0.941. The predicted molar refractivity (Wildman–Crippen MR) is 90.8 cm³/mol. The van der Waals surface area contributed by atoms with Crippen molar-refractivity contribution < 1.29 is 4.79 Å². The van der Waals surface area contributed by atoms with Gasteiger partial charge in [-0.1, -0.05) is 13.3 Å². The Morgan fingerprint density at radius 1 is 1.09 bits per heavy atom. The molecule has 2 aliphatic heterocycles. The number of piperazine rings is 1. The molecule has 3 atom stereocenters. The quantitative estimate of drug-likeness (QED) is 0.799. The second-order valence-corrected chi connectivity index (χ2v) is 7.08. The van der Waals surface area contributed by atoms with Crippen LogP contribution in [-0.4, -0.2) is 78.0 Å². The van der Waals surface area contributed by atoms with Gasteiger partial charge >= 0.3 is 0 Å². The maximum absolute atomic E-state index is 12.2. The van der Waals surface area contributed by atoms with Crippen LogP contribution in [0.15, 0.2) is 0 Å². The molecule has 2 N–H and O–H groups in total. The molecule has 2 saturated heterocycles. The highest BCUT2D eigenvalue weighted by Crippen LogP contribution is 2.22. The molecule has 0 aromatic rings. The van der Waals surface area contributed by atoms with E-state index in [1.165, 1.54) is 12.8 Å². The van der Waals surface area contributed by atoms with Gasteiger partial charge in [0.25, 0.3) is 0 Å². The van der Waals surface area contributed by atoms with Gasteiger partial charge < -0.3 is 10.6 Å². The van der Waals surface area contributed by atoms with E-state index in [9.17, 15) is 4.79 Å². The Bertz CT molecular complexity index is 345. The zero-order chi connectivity index (χ0) is 16.1. The van der Waals surface area contributed by atoms with Gasteiger partial charge in [0.2, 0.25) is 5.91 Å². The molecule has 5 nitrogen and oxygen atoms in total. The third-order valence-electron chi connectivity index (χ3n) is 5.41. The average Bonchev–Trinajstić information content (AvgIpc) is 2.84. The normalized spacial score (nSPS) is 29.0. The number of hydrogen-bond acceptors (Lipinski definition) is 4. The standard InChI is InChI=1S/C17H34N4O/c1-4-5-16(18)17(22)20-11-8-19(9-12-20)10-13-21-14(2)6-7-15(21)3/h14-16H,4-13,18H2,1-3H3. The van der Waals surface area contributed by atoms with E-state index in [-0.39, 0.29) is 11.9 Å². The molecule has 128 valence electrons. The molecule has 2 heterocycles. The van der Waals surface area contributed by atoms with Crippen LogP contribution in [0.3, 0.4) is 0 Å². The van der Waals surface area contributed by atoms with Gasteiger partial charge in [-0.25, -0.2) is 0 Å². The van der Waals surface area contributed by atoms with E-state index in [1.807, 2.05) is 4.90 Å². The summed E-state index contributed by atoms with van der Waals surface area (Å²) in [4.78, 5) is 19.3. The predicted octanol–water partition coefficient (Wildman–Crippen LogP) is 1.13. The largest absolute Gasteiger partial charge is 0.339 e. The van der Waals surface area contributed by atoms with Crippen LogP contribution in [0.2, 0.25) is 0 Å². The first-order valence-corrected chi connectivity index (χ1v) is 9.05. The number of nitrogens with zero attached hydrogens (tertiary/aromatic N) is 3. The van der Waals surface area contributed by atoms with Gasteiger partial charge in [0.1, 0.15) is 0 Å². The maximum atomic E-state index is 12.2. The summed E-state index contributed by atoms with van der Waals surface area (Å²) in [6.45, 7) is 12.7. The van der Waals surface area contributed by atoms with Gasteiger partial charge in [-0.2, -0.15) is 0 Å². The lowest BCUT2D eigenvalue weighted by molar-refractivity contribution is -0.134. The van der Waals surface area contributed by atoms with E-state index in [4.69, 9.17) is 5.73 Å². The van der Waals surface area contributed by atoms with Gasteiger partial charge in [-0.3, -0.25) is 14.6 Å². The molecule has 0 aliphatic carbocycles. The second kappa shape index (κ2) is 8.27. The van der Waals surface area contributed by atoms with Crippen LogP contribution in [-0.2, 0) is 4.79 Å². The molecule has 2 aliphatic rings. The molecule has 1 amide bonds. The van der Waals surface area contributed by atoms with E-state index in [0.29, 0.717) is 0 Å². The number of carbonyl (C=O) groups is 1. The summed E-state index contributed by atoms with van der Waals surface area (Å²) in [7, 11) is 0. The molecule has 0 radical (unpaired) electrons. The summed E-state index contributed by atoms with van der Waals surface area (Å²) < 4.78 is 0. The lowest BCUT2D eigenvalue weighted by Gasteiger charge is -2.37. The number of hydrogen-bond donors (Lipinski definition) is 1. The van der Waals surface area contributed by atoms with Gasteiger partial charge in [0.05, 0.1) is 6.04 Å². The molecule has 0 saturated carbocycles. The summed E-state index contributed by atoms with van der Waals surface area (Å²) >= 11 is 0. The molecular formula is C17H34N4O. The van der Waals surface area contributed by atoms with Crippen LogP contribution in [0.4, 0.5) is 0 Å². The van der Waals surface area contributed by atoms with Crippen molar-refractivity contribution in [2.24, 2.45) is 5.73 Å². The molecule has 2 fully saturated rings. The van der Waals surface area contributed by atoms with Crippen molar-refractivity contribution in [1.82, 2.24) is 14.7 Å². The molecule has 22 heavy (non-hydrogen) atoms. The fourth-order valence-electron chi connectivity index (χ4n) is 3.81. The number of nitrogens with two attached hydrogens (primary N) is 1.